The maximum absolute atomic E-state index is 11.9. The molecule has 0 spiro atoms. The van der Waals surface area contributed by atoms with E-state index in [-0.39, 0.29) is 5.97 Å². The fourth-order valence-corrected chi connectivity index (χ4v) is 2.46. The van der Waals surface area contributed by atoms with Crippen molar-refractivity contribution in [3.8, 4) is 0 Å². The normalized spacial score (nSPS) is 16.8. The molecule has 1 saturated carbocycles. The van der Waals surface area contributed by atoms with E-state index in [1.807, 2.05) is 19.2 Å². The number of thiazole rings is 1. The van der Waals surface area contributed by atoms with E-state index in [4.69, 9.17) is 4.74 Å². The Balaban J connectivity index is 2.01. The third kappa shape index (κ3) is 3.51. The molecule has 1 fully saturated rings. The monoisotopic (exact) mass is 254 g/mol. The Labute approximate surface area is 105 Å². The summed E-state index contributed by atoms with van der Waals surface area (Å²) >= 11 is 1.51. The van der Waals surface area contributed by atoms with Gasteiger partial charge in [-0.3, -0.25) is 5.32 Å². The lowest BCUT2D eigenvalue weighted by atomic mass is 10.3. The van der Waals surface area contributed by atoms with Crippen molar-refractivity contribution in [3.63, 3.8) is 0 Å². The van der Waals surface area contributed by atoms with Crippen LogP contribution in [0.15, 0.2) is 5.38 Å². The van der Waals surface area contributed by atoms with Crippen molar-refractivity contribution in [1.82, 2.24) is 10.3 Å². The van der Waals surface area contributed by atoms with Crippen LogP contribution in [0, 0.1) is 12.8 Å². The standard InChI is InChI=1S/C12H18N2O2S/c1-3-16-12(15)10(13-6-9-4-5-9)11-14-8(2)7-17-11/h7,9-10,13H,3-6H2,1-2H3. The minimum atomic E-state index is -0.394. The van der Waals surface area contributed by atoms with Crippen molar-refractivity contribution in [3.05, 3.63) is 16.1 Å². The topological polar surface area (TPSA) is 51.2 Å². The van der Waals surface area contributed by atoms with Crippen LogP contribution in [-0.2, 0) is 9.53 Å². The van der Waals surface area contributed by atoms with Gasteiger partial charge in [0.05, 0.1) is 6.61 Å². The van der Waals surface area contributed by atoms with Gasteiger partial charge in [-0.15, -0.1) is 11.3 Å². The highest BCUT2D eigenvalue weighted by molar-refractivity contribution is 7.09. The molecule has 1 N–H and O–H groups in total. The Bertz CT molecular complexity index is 388. The van der Waals surface area contributed by atoms with Crippen LogP contribution in [0.5, 0.6) is 0 Å². The summed E-state index contributed by atoms with van der Waals surface area (Å²) in [6.07, 6.45) is 2.53. The Kier molecular flexibility index (Phi) is 4.12. The molecule has 1 aliphatic rings. The van der Waals surface area contributed by atoms with Crippen molar-refractivity contribution < 1.29 is 9.53 Å². The van der Waals surface area contributed by atoms with Gasteiger partial charge in [0.1, 0.15) is 5.01 Å². The second-order valence-electron chi connectivity index (χ2n) is 4.36. The van der Waals surface area contributed by atoms with E-state index in [0.717, 1.165) is 23.2 Å². The van der Waals surface area contributed by atoms with Gasteiger partial charge in [-0.25, -0.2) is 9.78 Å². The highest BCUT2D eigenvalue weighted by Gasteiger charge is 2.28. The van der Waals surface area contributed by atoms with Crippen LogP contribution in [0.2, 0.25) is 0 Å². The van der Waals surface area contributed by atoms with Crippen molar-refractivity contribution in [2.75, 3.05) is 13.2 Å². The lowest BCUT2D eigenvalue weighted by molar-refractivity contribution is -0.145. The van der Waals surface area contributed by atoms with Gasteiger partial charge in [-0.05, 0) is 39.2 Å². The number of carbonyl (C=O) groups is 1. The minimum Gasteiger partial charge on any atom is -0.465 e. The van der Waals surface area contributed by atoms with E-state index < -0.39 is 6.04 Å². The number of nitrogens with zero attached hydrogens (tertiary/aromatic N) is 1. The third-order valence-corrected chi connectivity index (χ3v) is 3.74. The first-order valence-corrected chi connectivity index (χ1v) is 6.90. The SMILES string of the molecule is CCOC(=O)C(NCC1CC1)c1nc(C)cs1. The van der Waals surface area contributed by atoms with E-state index in [1.165, 1.54) is 24.2 Å². The molecule has 94 valence electrons. The second-order valence-corrected chi connectivity index (χ2v) is 5.25. The molecule has 1 heterocycles. The first kappa shape index (κ1) is 12.5. The molecule has 2 rings (SSSR count). The van der Waals surface area contributed by atoms with Gasteiger partial charge in [-0.1, -0.05) is 0 Å². The summed E-state index contributed by atoms with van der Waals surface area (Å²) in [6, 6.07) is -0.394. The second kappa shape index (κ2) is 5.60. The number of esters is 1. The molecule has 1 aromatic rings. The number of aromatic nitrogens is 1. The van der Waals surface area contributed by atoms with Gasteiger partial charge in [-0.2, -0.15) is 0 Å². The minimum absolute atomic E-state index is 0.220. The number of carbonyl (C=O) groups excluding carboxylic acids is 1. The maximum atomic E-state index is 11.9. The molecule has 0 aliphatic heterocycles. The number of aryl methyl sites for hydroxylation is 1. The van der Waals surface area contributed by atoms with Gasteiger partial charge >= 0.3 is 5.97 Å². The van der Waals surface area contributed by atoms with Crippen molar-refractivity contribution in [2.24, 2.45) is 5.92 Å². The summed E-state index contributed by atoms with van der Waals surface area (Å²) in [5.74, 6) is 0.510. The lowest BCUT2D eigenvalue weighted by Gasteiger charge is -2.14. The van der Waals surface area contributed by atoms with Crippen LogP contribution in [0.1, 0.15) is 36.5 Å². The molecule has 1 aromatic heterocycles. The average molecular weight is 254 g/mol. The predicted molar refractivity (Wildman–Crippen MR) is 67.0 cm³/mol. The fourth-order valence-electron chi connectivity index (χ4n) is 1.61. The number of hydrogen-bond donors (Lipinski definition) is 1. The third-order valence-electron chi connectivity index (χ3n) is 2.71. The van der Waals surface area contributed by atoms with Crippen molar-refractivity contribution >= 4 is 17.3 Å². The molecule has 1 aliphatic carbocycles. The van der Waals surface area contributed by atoms with Crippen LogP contribution in [0.4, 0.5) is 0 Å². The van der Waals surface area contributed by atoms with Gasteiger partial charge in [0, 0.05) is 11.1 Å². The Morgan fingerprint density at radius 1 is 1.71 bits per heavy atom. The van der Waals surface area contributed by atoms with Crippen LogP contribution < -0.4 is 5.32 Å². The summed E-state index contributed by atoms with van der Waals surface area (Å²) in [4.78, 5) is 16.2. The molecule has 0 aromatic carbocycles. The van der Waals surface area contributed by atoms with Gasteiger partial charge in [0.25, 0.3) is 0 Å². The summed E-state index contributed by atoms with van der Waals surface area (Å²) in [5, 5.41) is 6.03. The van der Waals surface area contributed by atoms with Crippen LogP contribution >= 0.6 is 11.3 Å². The van der Waals surface area contributed by atoms with Gasteiger partial charge in [0.15, 0.2) is 6.04 Å². The van der Waals surface area contributed by atoms with E-state index in [2.05, 4.69) is 10.3 Å². The molecule has 5 heteroatoms. The quantitative estimate of drug-likeness (QED) is 0.789. The number of ether oxygens (including phenoxy) is 1. The van der Waals surface area contributed by atoms with Crippen LogP contribution in [-0.4, -0.2) is 24.1 Å². The molecule has 1 atom stereocenters. The number of hydrogen-bond acceptors (Lipinski definition) is 5. The summed E-state index contributed by atoms with van der Waals surface area (Å²) in [5.41, 5.74) is 0.951. The van der Waals surface area contributed by atoms with Gasteiger partial charge < -0.3 is 4.74 Å². The summed E-state index contributed by atoms with van der Waals surface area (Å²) < 4.78 is 5.09. The average Bonchev–Trinajstić information content (AvgIpc) is 3.02. The van der Waals surface area contributed by atoms with Crippen molar-refractivity contribution in [2.45, 2.75) is 32.7 Å². The molecule has 0 saturated heterocycles. The lowest BCUT2D eigenvalue weighted by Crippen LogP contribution is -2.31. The smallest absolute Gasteiger partial charge is 0.330 e. The predicted octanol–water partition coefficient (Wildman–Crippen LogP) is 2.06. The Morgan fingerprint density at radius 3 is 3.00 bits per heavy atom. The molecule has 0 amide bonds. The Morgan fingerprint density at radius 2 is 2.47 bits per heavy atom. The maximum Gasteiger partial charge on any atom is 0.330 e. The highest BCUT2D eigenvalue weighted by atomic mass is 32.1. The molecule has 0 radical (unpaired) electrons. The fraction of sp³-hybridized carbons (Fsp3) is 0.667. The largest absolute Gasteiger partial charge is 0.465 e. The molecular formula is C12H18N2O2S. The zero-order chi connectivity index (χ0) is 12.3. The zero-order valence-corrected chi connectivity index (χ0v) is 11.0. The molecular weight excluding hydrogens is 236 g/mol. The number of nitrogens with one attached hydrogen (secondary N) is 1. The number of rotatable bonds is 6. The van der Waals surface area contributed by atoms with Crippen molar-refractivity contribution in [1.29, 1.82) is 0 Å². The summed E-state index contributed by atoms with van der Waals surface area (Å²) in [7, 11) is 0. The summed E-state index contributed by atoms with van der Waals surface area (Å²) in [6.45, 7) is 5.04. The van der Waals surface area contributed by atoms with Crippen LogP contribution in [0.25, 0.3) is 0 Å². The molecule has 0 bridgehead atoms. The molecule has 17 heavy (non-hydrogen) atoms. The zero-order valence-electron chi connectivity index (χ0n) is 10.2. The Hall–Kier alpha value is -0.940. The van der Waals surface area contributed by atoms with E-state index >= 15 is 0 Å². The van der Waals surface area contributed by atoms with Gasteiger partial charge in [0.2, 0.25) is 0 Å². The molecule has 4 nitrogen and oxygen atoms in total. The van der Waals surface area contributed by atoms with E-state index in [0.29, 0.717) is 6.61 Å². The van der Waals surface area contributed by atoms with E-state index in [9.17, 15) is 4.79 Å². The first-order valence-electron chi connectivity index (χ1n) is 6.02. The molecule has 1 unspecified atom stereocenters. The highest BCUT2D eigenvalue weighted by Crippen LogP contribution is 2.29. The van der Waals surface area contributed by atoms with E-state index in [1.54, 1.807) is 0 Å². The first-order chi connectivity index (χ1) is 8.20. The van der Waals surface area contributed by atoms with Crippen LogP contribution in [0.3, 0.4) is 0 Å².